The number of pyridine rings is 1. The lowest BCUT2D eigenvalue weighted by Crippen LogP contribution is -2.32. The van der Waals surface area contributed by atoms with Gasteiger partial charge in [-0.05, 0) is 48.2 Å². The second-order valence-electron chi connectivity index (χ2n) is 7.80. The molecule has 2 aliphatic heterocycles. The first kappa shape index (κ1) is 18.3. The van der Waals surface area contributed by atoms with E-state index in [9.17, 15) is 4.39 Å². The molecule has 1 N–H and O–H groups in total. The minimum atomic E-state index is -0.233. The summed E-state index contributed by atoms with van der Waals surface area (Å²) in [5.41, 5.74) is 6.51. The van der Waals surface area contributed by atoms with Crippen molar-refractivity contribution in [3.63, 3.8) is 0 Å². The molecule has 0 spiro atoms. The maximum Gasteiger partial charge on any atom is 0.123 e. The highest BCUT2D eigenvalue weighted by atomic mass is 19.1. The second-order valence-corrected chi connectivity index (χ2v) is 7.80. The summed E-state index contributed by atoms with van der Waals surface area (Å²) < 4.78 is 19.5. The first-order valence-corrected chi connectivity index (χ1v) is 10.1. The second kappa shape index (κ2) is 7.58. The van der Waals surface area contributed by atoms with E-state index in [4.69, 9.17) is 4.74 Å². The Bertz CT molecular complexity index is 1040. The molecule has 2 unspecified atom stereocenters. The monoisotopic (exact) mass is 389 g/mol. The standard InChI is InChI=1S/C24H24FN3O/c1-29-21-13-20-12-17(7-10-28(20)15-21)22-14-27-24(18-3-2-4-19(25)11-18)23(22)16-5-8-26-9-6-16/h2-6,8-9,11-12,14,20-21,27H,7,10,13,15H2,1H3. The Hall–Kier alpha value is -2.76. The molecular formula is C24H24FN3O. The molecule has 5 heteroatoms. The molecule has 148 valence electrons. The summed E-state index contributed by atoms with van der Waals surface area (Å²) in [7, 11) is 1.80. The summed E-state index contributed by atoms with van der Waals surface area (Å²) in [6, 6.07) is 11.2. The molecule has 0 saturated carbocycles. The summed E-state index contributed by atoms with van der Waals surface area (Å²) in [5.74, 6) is -0.233. The van der Waals surface area contributed by atoms with Gasteiger partial charge < -0.3 is 9.72 Å². The third kappa shape index (κ3) is 3.41. The van der Waals surface area contributed by atoms with Crippen LogP contribution in [0.2, 0.25) is 0 Å². The number of nitrogens with zero attached hydrogens (tertiary/aromatic N) is 2. The lowest BCUT2D eigenvalue weighted by atomic mass is 9.90. The predicted octanol–water partition coefficient (Wildman–Crippen LogP) is 4.76. The van der Waals surface area contributed by atoms with Crippen molar-refractivity contribution in [1.29, 1.82) is 0 Å². The molecule has 0 amide bonds. The summed E-state index contributed by atoms with van der Waals surface area (Å²) in [6.07, 6.45) is 10.4. The molecule has 1 saturated heterocycles. The van der Waals surface area contributed by atoms with E-state index in [1.165, 1.54) is 17.2 Å². The number of halogens is 1. The van der Waals surface area contributed by atoms with E-state index in [1.807, 2.05) is 18.2 Å². The number of hydrogen-bond donors (Lipinski definition) is 1. The van der Waals surface area contributed by atoms with Crippen LogP contribution in [0.15, 0.2) is 61.1 Å². The van der Waals surface area contributed by atoms with Crippen molar-refractivity contribution in [2.45, 2.75) is 25.0 Å². The van der Waals surface area contributed by atoms with Crippen molar-refractivity contribution in [3.8, 4) is 22.4 Å². The molecule has 4 heterocycles. The number of methoxy groups -OCH3 is 1. The van der Waals surface area contributed by atoms with Crippen LogP contribution in [0, 0.1) is 5.82 Å². The number of benzene rings is 1. The molecule has 0 aliphatic carbocycles. The minimum absolute atomic E-state index is 0.233. The Kier molecular flexibility index (Phi) is 4.78. The smallest absolute Gasteiger partial charge is 0.123 e. The normalized spacial score (nSPS) is 21.8. The fourth-order valence-corrected chi connectivity index (χ4v) is 4.66. The Morgan fingerprint density at radius 3 is 2.83 bits per heavy atom. The van der Waals surface area contributed by atoms with Gasteiger partial charge >= 0.3 is 0 Å². The van der Waals surface area contributed by atoms with Crippen LogP contribution in [0.3, 0.4) is 0 Å². The molecule has 29 heavy (non-hydrogen) atoms. The topological polar surface area (TPSA) is 41.1 Å². The lowest BCUT2D eigenvalue weighted by molar-refractivity contribution is 0.108. The molecule has 0 radical (unpaired) electrons. The highest BCUT2D eigenvalue weighted by molar-refractivity contribution is 5.91. The fraction of sp³-hybridized carbons (Fsp3) is 0.292. The molecule has 0 bridgehead atoms. The van der Waals surface area contributed by atoms with Crippen molar-refractivity contribution in [2.75, 3.05) is 20.2 Å². The van der Waals surface area contributed by atoms with Crippen LogP contribution >= 0.6 is 0 Å². The Morgan fingerprint density at radius 1 is 1.17 bits per heavy atom. The summed E-state index contributed by atoms with van der Waals surface area (Å²) >= 11 is 0. The first-order valence-electron chi connectivity index (χ1n) is 10.1. The third-order valence-corrected chi connectivity index (χ3v) is 6.12. The van der Waals surface area contributed by atoms with Crippen molar-refractivity contribution < 1.29 is 9.13 Å². The van der Waals surface area contributed by atoms with Crippen molar-refractivity contribution in [1.82, 2.24) is 14.9 Å². The van der Waals surface area contributed by atoms with Gasteiger partial charge in [0.25, 0.3) is 0 Å². The molecule has 4 nitrogen and oxygen atoms in total. The number of H-pyrrole nitrogens is 1. The third-order valence-electron chi connectivity index (χ3n) is 6.12. The SMILES string of the molecule is COC1CC2C=C(c3c[nH]c(-c4cccc(F)c4)c3-c3ccncc3)CCN2C1. The Labute approximate surface area is 170 Å². The van der Waals surface area contributed by atoms with E-state index in [1.54, 1.807) is 31.6 Å². The van der Waals surface area contributed by atoms with Crippen LogP contribution in [-0.2, 0) is 4.74 Å². The summed E-state index contributed by atoms with van der Waals surface area (Å²) in [6.45, 7) is 2.04. The van der Waals surface area contributed by atoms with E-state index in [2.05, 4.69) is 27.1 Å². The minimum Gasteiger partial charge on any atom is -0.380 e. The van der Waals surface area contributed by atoms with Gasteiger partial charge in [-0.3, -0.25) is 9.88 Å². The molecule has 2 atom stereocenters. The average molecular weight is 389 g/mol. The first-order chi connectivity index (χ1) is 14.2. The molecule has 3 aromatic rings. The van der Waals surface area contributed by atoms with Gasteiger partial charge in [0.1, 0.15) is 5.82 Å². The van der Waals surface area contributed by atoms with Crippen LogP contribution in [0.25, 0.3) is 28.0 Å². The van der Waals surface area contributed by atoms with Crippen molar-refractivity contribution >= 4 is 5.57 Å². The maximum absolute atomic E-state index is 13.9. The Balaban J connectivity index is 1.61. The highest BCUT2D eigenvalue weighted by Gasteiger charge is 2.34. The number of hydrogen-bond acceptors (Lipinski definition) is 3. The number of rotatable bonds is 4. The summed E-state index contributed by atoms with van der Waals surface area (Å²) in [4.78, 5) is 10.1. The maximum atomic E-state index is 13.9. The largest absolute Gasteiger partial charge is 0.380 e. The number of aromatic amines is 1. The zero-order valence-corrected chi connectivity index (χ0v) is 16.4. The van der Waals surface area contributed by atoms with E-state index in [0.717, 1.165) is 48.3 Å². The zero-order valence-electron chi connectivity index (χ0n) is 16.4. The summed E-state index contributed by atoms with van der Waals surface area (Å²) in [5, 5.41) is 0. The van der Waals surface area contributed by atoms with Crippen LogP contribution in [0.1, 0.15) is 18.4 Å². The number of ether oxygens (including phenoxy) is 1. The van der Waals surface area contributed by atoms with E-state index >= 15 is 0 Å². The highest BCUT2D eigenvalue weighted by Crippen LogP contribution is 2.41. The molecular weight excluding hydrogens is 365 g/mol. The van der Waals surface area contributed by atoms with Crippen LogP contribution in [0.5, 0.6) is 0 Å². The van der Waals surface area contributed by atoms with Gasteiger partial charge in [-0.25, -0.2) is 4.39 Å². The van der Waals surface area contributed by atoms with Gasteiger partial charge in [0.2, 0.25) is 0 Å². The predicted molar refractivity (Wildman–Crippen MR) is 113 cm³/mol. The van der Waals surface area contributed by atoms with Gasteiger partial charge in [0, 0.05) is 61.5 Å². The van der Waals surface area contributed by atoms with Crippen LogP contribution < -0.4 is 0 Å². The van der Waals surface area contributed by atoms with Crippen LogP contribution in [0.4, 0.5) is 4.39 Å². The number of nitrogens with one attached hydrogen (secondary N) is 1. The number of fused-ring (bicyclic) bond motifs is 1. The van der Waals surface area contributed by atoms with E-state index in [-0.39, 0.29) is 5.82 Å². The van der Waals surface area contributed by atoms with Crippen molar-refractivity contribution in [2.24, 2.45) is 0 Å². The quantitative estimate of drug-likeness (QED) is 0.700. The molecule has 1 aromatic carbocycles. The van der Waals surface area contributed by atoms with Gasteiger partial charge in [0.15, 0.2) is 0 Å². The van der Waals surface area contributed by atoms with E-state index in [0.29, 0.717) is 12.1 Å². The van der Waals surface area contributed by atoms with Gasteiger partial charge in [0.05, 0.1) is 11.8 Å². The molecule has 2 aromatic heterocycles. The van der Waals surface area contributed by atoms with Gasteiger partial charge in [-0.15, -0.1) is 0 Å². The zero-order chi connectivity index (χ0) is 19.8. The lowest BCUT2D eigenvalue weighted by Gasteiger charge is -2.28. The molecule has 5 rings (SSSR count). The van der Waals surface area contributed by atoms with Gasteiger partial charge in [-0.1, -0.05) is 18.2 Å². The van der Waals surface area contributed by atoms with Crippen LogP contribution in [-0.4, -0.2) is 47.2 Å². The average Bonchev–Trinajstić information content (AvgIpc) is 3.38. The van der Waals surface area contributed by atoms with E-state index < -0.39 is 0 Å². The molecule has 2 aliphatic rings. The number of aromatic nitrogens is 2. The Morgan fingerprint density at radius 2 is 2.03 bits per heavy atom. The van der Waals surface area contributed by atoms with Crippen molar-refractivity contribution in [3.05, 3.63) is 72.4 Å². The van der Waals surface area contributed by atoms with Gasteiger partial charge in [-0.2, -0.15) is 0 Å². The molecule has 1 fully saturated rings. The fourth-order valence-electron chi connectivity index (χ4n) is 4.66.